The molecule has 0 spiro atoms. The van der Waals surface area contributed by atoms with Crippen LogP contribution < -0.4 is 5.32 Å². The fraction of sp³-hybridized carbons (Fsp3) is 0.412. The molecule has 1 N–H and O–H groups in total. The summed E-state index contributed by atoms with van der Waals surface area (Å²) in [5.41, 5.74) is 1.74. The monoisotopic (exact) mass is 299 g/mol. The van der Waals surface area contributed by atoms with E-state index >= 15 is 0 Å². The Morgan fingerprint density at radius 3 is 2.91 bits per heavy atom. The minimum atomic E-state index is -0.0624. The third-order valence-corrected chi connectivity index (χ3v) is 4.35. The van der Waals surface area contributed by atoms with Crippen LogP contribution in [0.5, 0.6) is 0 Å². The van der Waals surface area contributed by atoms with Crippen molar-refractivity contribution in [3.8, 4) is 0 Å². The van der Waals surface area contributed by atoms with Crippen molar-refractivity contribution in [1.82, 2.24) is 14.8 Å². The third kappa shape index (κ3) is 2.58. The van der Waals surface area contributed by atoms with E-state index in [1.54, 1.807) is 0 Å². The topological polar surface area (TPSA) is 54.3 Å². The minimum Gasteiger partial charge on any atom is -0.351 e. The molecule has 1 aromatic carbocycles. The highest BCUT2D eigenvalue weighted by atomic mass is 16.2. The molecule has 116 valence electrons. The minimum absolute atomic E-state index is 0.0435. The number of amides is 2. The Labute approximate surface area is 129 Å². The summed E-state index contributed by atoms with van der Waals surface area (Å²) in [7, 11) is 1.97. The molecule has 1 saturated heterocycles. The van der Waals surface area contributed by atoms with Gasteiger partial charge in [0, 0.05) is 55.3 Å². The summed E-state index contributed by atoms with van der Waals surface area (Å²) in [6.45, 7) is 3.21. The predicted molar refractivity (Wildman–Crippen MR) is 85.7 cm³/mol. The second kappa shape index (κ2) is 5.83. The molecular weight excluding hydrogens is 278 g/mol. The molecule has 1 aliphatic rings. The Morgan fingerprint density at radius 1 is 1.32 bits per heavy atom. The average molecular weight is 299 g/mol. The summed E-state index contributed by atoms with van der Waals surface area (Å²) in [5, 5.41) is 4.02. The largest absolute Gasteiger partial charge is 0.351 e. The van der Waals surface area contributed by atoms with Crippen LogP contribution in [0.1, 0.15) is 30.1 Å². The van der Waals surface area contributed by atoms with Crippen LogP contribution in [-0.4, -0.2) is 40.4 Å². The molecule has 2 aromatic rings. The molecule has 0 saturated carbocycles. The number of nitrogens with zero attached hydrogens (tertiary/aromatic N) is 2. The fourth-order valence-electron chi connectivity index (χ4n) is 3.09. The molecule has 0 bridgehead atoms. The highest BCUT2D eigenvalue weighted by Crippen LogP contribution is 2.20. The van der Waals surface area contributed by atoms with Crippen LogP contribution >= 0.6 is 0 Å². The number of likely N-dealkylation sites (tertiary alicyclic amines) is 1. The number of rotatable bonds is 3. The zero-order valence-electron chi connectivity index (χ0n) is 13.0. The summed E-state index contributed by atoms with van der Waals surface area (Å²) in [6, 6.07) is 7.76. The number of hydrogen-bond donors (Lipinski definition) is 1. The lowest BCUT2D eigenvalue weighted by Crippen LogP contribution is -2.38. The summed E-state index contributed by atoms with van der Waals surface area (Å²) in [4.78, 5) is 26.1. The first-order valence-corrected chi connectivity index (χ1v) is 7.73. The van der Waals surface area contributed by atoms with E-state index in [9.17, 15) is 9.59 Å². The molecule has 2 amide bonds. The van der Waals surface area contributed by atoms with Crippen LogP contribution in [0.4, 0.5) is 0 Å². The molecule has 0 unspecified atom stereocenters. The van der Waals surface area contributed by atoms with Gasteiger partial charge in [-0.25, -0.2) is 0 Å². The van der Waals surface area contributed by atoms with Crippen molar-refractivity contribution in [2.45, 2.75) is 25.8 Å². The number of hydrogen-bond acceptors (Lipinski definition) is 2. The number of carbonyl (C=O) groups is 2. The van der Waals surface area contributed by atoms with Gasteiger partial charge in [0.15, 0.2) is 0 Å². The normalized spacial score (nSPS) is 17.9. The zero-order chi connectivity index (χ0) is 15.7. The first-order valence-electron chi connectivity index (χ1n) is 7.73. The Hall–Kier alpha value is -2.30. The number of benzene rings is 1. The Balaban J connectivity index is 1.73. The highest BCUT2D eigenvalue weighted by molar-refractivity contribution is 6.06. The van der Waals surface area contributed by atoms with Crippen LogP contribution in [0.15, 0.2) is 30.5 Å². The maximum absolute atomic E-state index is 12.5. The highest BCUT2D eigenvalue weighted by Gasteiger charge is 2.27. The second-order valence-corrected chi connectivity index (χ2v) is 5.82. The van der Waals surface area contributed by atoms with Crippen molar-refractivity contribution < 1.29 is 9.59 Å². The quantitative estimate of drug-likeness (QED) is 0.941. The van der Waals surface area contributed by atoms with Crippen molar-refractivity contribution in [2.24, 2.45) is 7.05 Å². The molecule has 1 aliphatic heterocycles. The molecule has 0 radical (unpaired) electrons. The lowest BCUT2D eigenvalue weighted by atomic mass is 10.1. The molecule has 0 aliphatic carbocycles. The van der Waals surface area contributed by atoms with Gasteiger partial charge >= 0.3 is 0 Å². The van der Waals surface area contributed by atoms with Gasteiger partial charge in [-0.1, -0.05) is 13.0 Å². The summed E-state index contributed by atoms with van der Waals surface area (Å²) in [5.74, 6) is 0.0921. The number of aromatic nitrogens is 1. The van der Waals surface area contributed by atoms with E-state index in [1.807, 2.05) is 53.9 Å². The van der Waals surface area contributed by atoms with Gasteiger partial charge in [-0.15, -0.1) is 0 Å². The number of carbonyl (C=O) groups excluding carboxylic acids is 2. The van der Waals surface area contributed by atoms with Crippen molar-refractivity contribution >= 4 is 22.7 Å². The van der Waals surface area contributed by atoms with Gasteiger partial charge < -0.3 is 14.8 Å². The Morgan fingerprint density at radius 2 is 2.14 bits per heavy atom. The molecule has 1 aromatic heterocycles. The molecule has 1 atom stereocenters. The molecule has 5 nitrogen and oxygen atoms in total. The smallest absolute Gasteiger partial charge is 0.252 e. The third-order valence-electron chi connectivity index (χ3n) is 4.35. The summed E-state index contributed by atoms with van der Waals surface area (Å²) in [6.07, 6.45) is 3.30. The van der Waals surface area contributed by atoms with Crippen LogP contribution in [0.2, 0.25) is 0 Å². The van der Waals surface area contributed by atoms with E-state index in [4.69, 9.17) is 0 Å². The van der Waals surface area contributed by atoms with Gasteiger partial charge in [-0.05, 0) is 24.6 Å². The standard InChI is InChI=1S/C17H21N3O2/c1-3-16(21)20-10-7-12(11-20)18-17(22)14-5-4-6-15-13(14)8-9-19(15)2/h4-6,8-9,12H,3,7,10-11H2,1-2H3,(H,18,22)/t12-/m0/s1. The SMILES string of the molecule is CCC(=O)N1CC[C@H](NC(=O)c2cccc3c2ccn3C)C1. The summed E-state index contributed by atoms with van der Waals surface area (Å²) < 4.78 is 2.00. The molecule has 1 fully saturated rings. The van der Waals surface area contributed by atoms with Crippen molar-refractivity contribution in [3.63, 3.8) is 0 Å². The molecule has 5 heteroatoms. The van der Waals surface area contributed by atoms with E-state index in [1.165, 1.54) is 0 Å². The van der Waals surface area contributed by atoms with E-state index in [0.717, 1.165) is 23.9 Å². The van der Waals surface area contributed by atoms with Gasteiger partial charge in [0.05, 0.1) is 0 Å². The van der Waals surface area contributed by atoms with Gasteiger partial charge in [0.2, 0.25) is 5.91 Å². The summed E-state index contributed by atoms with van der Waals surface area (Å²) >= 11 is 0. The maximum Gasteiger partial charge on any atom is 0.252 e. The van der Waals surface area contributed by atoms with Crippen molar-refractivity contribution in [3.05, 3.63) is 36.0 Å². The maximum atomic E-state index is 12.5. The number of fused-ring (bicyclic) bond motifs is 1. The van der Waals surface area contributed by atoms with Gasteiger partial charge in [-0.2, -0.15) is 0 Å². The van der Waals surface area contributed by atoms with Gasteiger partial charge in [0.1, 0.15) is 0 Å². The molecule has 3 rings (SSSR count). The van der Waals surface area contributed by atoms with E-state index in [2.05, 4.69) is 5.32 Å². The fourth-order valence-corrected chi connectivity index (χ4v) is 3.09. The second-order valence-electron chi connectivity index (χ2n) is 5.82. The molecular formula is C17H21N3O2. The van der Waals surface area contributed by atoms with Crippen LogP contribution in [0.25, 0.3) is 10.9 Å². The van der Waals surface area contributed by atoms with Crippen LogP contribution in [0, 0.1) is 0 Å². The number of aryl methyl sites for hydroxylation is 1. The molecule has 22 heavy (non-hydrogen) atoms. The van der Waals surface area contributed by atoms with E-state index in [-0.39, 0.29) is 17.9 Å². The van der Waals surface area contributed by atoms with Gasteiger partial charge in [-0.3, -0.25) is 9.59 Å². The molecule has 2 heterocycles. The number of nitrogens with one attached hydrogen (secondary N) is 1. The lowest BCUT2D eigenvalue weighted by molar-refractivity contribution is -0.129. The van der Waals surface area contributed by atoms with E-state index < -0.39 is 0 Å². The zero-order valence-corrected chi connectivity index (χ0v) is 13.0. The van der Waals surface area contributed by atoms with Crippen LogP contribution in [-0.2, 0) is 11.8 Å². The Bertz CT molecular complexity index is 720. The van der Waals surface area contributed by atoms with Crippen molar-refractivity contribution in [1.29, 1.82) is 0 Å². The van der Waals surface area contributed by atoms with Crippen molar-refractivity contribution in [2.75, 3.05) is 13.1 Å². The predicted octanol–water partition coefficient (Wildman–Crippen LogP) is 1.92. The van der Waals surface area contributed by atoms with Gasteiger partial charge in [0.25, 0.3) is 5.91 Å². The average Bonchev–Trinajstić information content (AvgIpc) is 3.14. The van der Waals surface area contributed by atoms with Crippen LogP contribution in [0.3, 0.4) is 0 Å². The first kappa shape index (κ1) is 14.6. The van der Waals surface area contributed by atoms with E-state index in [0.29, 0.717) is 18.5 Å². The lowest BCUT2D eigenvalue weighted by Gasteiger charge is -2.16. The first-order chi connectivity index (χ1) is 10.6. The Kier molecular flexibility index (Phi) is 3.88.